The first-order chi connectivity index (χ1) is 14.0. The Bertz CT molecular complexity index is 807. The van der Waals surface area contributed by atoms with Crippen molar-refractivity contribution in [3.8, 4) is 5.75 Å². The third kappa shape index (κ3) is 6.80. The average molecular weight is 465 g/mol. The van der Waals surface area contributed by atoms with Crippen LogP contribution in [0.15, 0.2) is 46.9 Å². The number of nitrogens with one attached hydrogen (secondary N) is 1. The first kappa shape index (κ1) is 21.7. The summed E-state index contributed by atoms with van der Waals surface area (Å²) in [6.07, 6.45) is 2.13. The van der Waals surface area contributed by atoms with Crippen LogP contribution in [0.4, 0.5) is 4.39 Å². The van der Waals surface area contributed by atoms with Crippen LogP contribution in [0.1, 0.15) is 28.8 Å². The Kier molecular flexibility index (Phi) is 8.03. The molecule has 3 rings (SSSR count). The molecule has 0 spiro atoms. The van der Waals surface area contributed by atoms with Crippen molar-refractivity contribution >= 4 is 21.8 Å². The summed E-state index contributed by atoms with van der Waals surface area (Å²) in [5.74, 6) is -0.00845. The molecule has 1 amide bonds. The average Bonchev–Trinajstić information content (AvgIpc) is 2.72. The first-order valence-electron chi connectivity index (χ1n) is 9.75. The molecule has 1 N–H and O–H groups in total. The summed E-state index contributed by atoms with van der Waals surface area (Å²) in [6, 6.07) is 12.3. The van der Waals surface area contributed by atoms with Crippen LogP contribution in [0.25, 0.3) is 0 Å². The minimum absolute atomic E-state index is 0.278. The van der Waals surface area contributed by atoms with E-state index in [2.05, 4.69) is 33.2 Å². The highest BCUT2D eigenvalue weighted by Crippen LogP contribution is 2.17. The summed E-state index contributed by atoms with van der Waals surface area (Å²) < 4.78 is 25.3. The Balaban J connectivity index is 1.47. The summed E-state index contributed by atoms with van der Waals surface area (Å²) >= 11 is 3.20. The van der Waals surface area contributed by atoms with Crippen LogP contribution in [0.3, 0.4) is 0 Å². The zero-order chi connectivity index (χ0) is 20.6. The number of amides is 1. The lowest BCUT2D eigenvalue weighted by Gasteiger charge is -2.31. The molecule has 1 aliphatic rings. The molecule has 29 heavy (non-hydrogen) atoms. The fourth-order valence-electron chi connectivity index (χ4n) is 3.33. The highest BCUT2D eigenvalue weighted by Gasteiger charge is 2.18. The molecule has 0 saturated carbocycles. The van der Waals surface area contributed by atoms with Gasteiger partial charge >= 0.3 is 0 Å². The van der Waals surface area contributed by atoms with E-state index in [1.54, 1.807) is 6.07 Å². The third-order valence-electron chi connectivity index (χ3n) is 5.00. The Labute approximate surface area is 179 Å². The highest BCUT2D eigenvalue weighted by atomic mass is 79.9. The number of nitrogens with zero attached hydrogens (tertiary/aromatic N) is 1. The van der Waals surface area contributed by atoms with E-state index >= 15 is 0 Å². The summed E-state index contributed by atoms with van der Waals surface area (Å²) in [6.45, 7) is 3.44. The molecule has 7 heteroatoms. The van der Waals surface area contributed by atoms with E-state index < -0.39 is 5.82 Å². The summed E-state index contributed by atoms with van der Waals surface area (Å²) in [5, 5.41) is 2.81. The van der Waals surface area contributed by atoms with Gasteiger partial charge in [-0.15, -0.1) is 0 Å². The summed E-state index contributed by atoms with van der Waals surface area (Å²) in [4.78, 5) is 14.6. The maximum absolute atomic E-state index is 13.5. The number of hydrogen-bond donors (Lipinski definition) is 1. The molecule has 0 atom stereocenters. The predicted octanol–water partition coefficient (Wildman–Crippen LogP) is 4.01. The van der Waals surface area contributed by atoms with Crippen molar-refractivity contribution in [2.24, 2.45) is 0 Å². The highest BCUT2D eigenvalue weighted by molar-refractivity contribution is 9.10. The number of likely N-dealkylation sites (N-methyl/N-ethyl adjacent to an activating group) is 1. The van der Waals surface area contributed by atoms with Crippen LogP contribution in [-0.2, 0) is 11.3 Å². The second-order valence-corrected chi connectivity index (χ2v) is 8.08. The number of ether oxygens (including phenoxy) is 2. The third-order valence-corrected chi connectivity index (χ3v) is 5.46. The van der Waals surface area contributed by atoms with E-state index in [1.165, 1.54) is 12.1 Å². The molecule has 2 aromatic carbocycles. The van der Waals surface area contributed by atoms with Crippen molar-refractivity contribution in [1.82, 2.24) is 10.2 Å². The Morgan fingerprint density at radius 3 is 2.83 bits per heavy atom. The first-order valence-corrected chi connectivity index (χ1v) is 10.5. The van der Waals surface area contributed by atoms with Crippen molar-refractivity contribution in [2.75, 3.05) is 33.4 Å². The molecule has 5 nitrogen and oxygen atoms in total. The van der Waals surface area contributed by atoms with Gasteiger partial charge in [0.1, 0.15) is 18.2 Å². The second kappa shape index (κ2) is 10.7. The van der Waals surface area contributed by atoms with Gasteiger partial charge in [-0.05, 0) is 55.8 Å². The maximum atomic E-state index is 13.5. The van der Waals surface area contributed by atoms with Gasteiger partial charge in [0.2, 0.25) is 0 Å². The molecule has 1 saturated heterocycles. The quantitative estimate of drug-likeness (QED) is 0.641. The minimum atomic E-state index is -0.453. The lowest BCUT2D eigenvalue weighted by Crippen LogP contribution is -2.38. The molecule has 1 heterocycles. The molecule has 156 valence electrons. The van der Waals surface area contributed by atoms with Crippen molar-refractivity contribution < 1.29 is 18.7 Å². The van der Waals surface area contributed by atoms with Gasteiger partial charge in [0.05, 0.1) is 0 Å². The van der Waals surface area contributed by atoms with Gasteiger partial charge in [-0.1, -0.05) is 28.1 Å². The number of rotatable bonds is 8. The lowest BCUT2D eigenvalue weighted by molar-refractivity contribution is 0.0392. The fourth-order valence-corrected chi connectivity index (χ4v) is 3.80. The molecule has 1 fully saturated rings. The lowest BCUT2D eigenvalue weighted by atomic mass is 10.1. The topological polar surface area (TPSA) is 50.8 Å². The minimum Gasteiger partial charge on any atom is -0.492 e. The van der Waals surface area contributed by atoms with Gasteiger partial charge in [-0.3, -0.25) is 9.69 Å². The Morgan fingerprint density at radius 1 is 1.28 bits per heavy atom. The van der Waals surface area contributed by atoms with E-state index in [0.717, 1.165) is 43.9 Å². The monoisotopic (exact) mass is 464 g/mol. The van der Waals surface area contributed by atoms with Crippen LogP contribution in [0, 0.1) is 5.82 Å². The molecular weight excluding hydrogens is 439 g/mol. The standard InChI is InChI=1S/C22H26BrFN2O3/c1-26(20-5-8-28-9-6-20)7-10-29-21-4-2-3-16(11-21)15-25-22(27)17-12-18(23)14-19(24)13-17/h2-4,11-14,20H,5-10,15H2,1H3,(H,25,27). The van der Waals surface area contributed by atoms with Crippen LogP contribution in [-0.4, -0.2) is 50.3 Å². The van der Waals surface area contributed by atoms with Gasteiger partial charge < -0.3 is 14.8 Å². The predicted molar refractivity (Wildman–Crippen MR) is 114 cm³/mol. The number of hydrogen-bond acceptors (Lipinski definition) is 4. The van der Waals surface area contributed by atoms with E-state index in [1.807, 2.05) is 24.3 Å². The summed E-state index contributed by atoms with van der Waals surface area (Å²) in [7, 11) is 2.12. The number of halogens is 2. The van der Waals surface area contributed by atoms with Crippen molar-refractivity contribution in [2.45, 2.75) is 25.4 Å². The zero-order valence-corrected chi connectivity index (χ0v) is 18.1. The SMILES string of the molecule is CN(CCOc1cccc(CNC(=O)c2cc(F)cc(Br)c2)c1)C1CCOCC1. The molecule has 1 aliphatic heterocycles. The van der Waals surface area contributed by atoms with Crippen molar-refractivity contribution in [3.05, 3.63) is 63.9 Å². The molecular formula is C22H26BrFN2O3. The smallest absolute Gasteiger partial charge is 0.251 e. The number of benzene rings is 2. The summed E-state index contributed by atoms with van der Waals surface area (Å²) in [5.41, 5.74) is 1.20. The number of carbonyl (C=O) groups is 1. The zero-order valence-electron chi connectivity index (χ0n) is 16.5. The Morgan fingerprint density at radius 2 is 2.07 bits per heavy atom. The van der Waals surface area contributed by atoms with E-state index in [0.29, 0.717) is 23.7 Å². The largest absolute Gasteiger partial charge is 0.492 e. The van der Waals surface area contributed by atoms with Gasteiger partial charge in [0.15, 0.2) is 0 Å². The van der Waals surface area contributed by atoms with Crippen LogP contribution < -0.4 is 10.1 Å². The second-order valence-electron chi connectivity index (χ2n) is 7.16. The number of carbonyl (C=O) groups excluding carboxylic acids is 1. The molecule has 0 aliphatic carbocycles. The van der Waals surface area contributed by atoms with Crippen molar-refractivity contribution in [3.63, 3.8) is 0 Å². The van der Waals surface area contributed by atoms with Crippen LogP contribution >= 0.6 is 15.9 Å². The normalized spacial score (nSPS) is 14.8. The molecule has 2 aromatic rings. The fraction of sp³-hybridized carbons (Fsp3) is 0.409. The molecule has 0 bridgehead atoms. The van der Waals surface area contributed by atoms with Gasteiger partial charge in [0.25, 0.3) is 5.91 Å². The van der Waals surface area contributed by atoms with Crippen molar-refractivity contribution in [1.29, 1.82) is 0 Å². The van der Waals surface area contributed by atoms with Gasteiger partial charge in [0, 0.05) is 42.4 Å². The molecule has 0 radical (unpaired) electrons. The molecule has 0 unspecified atom stereocenters. The van der Waals surface area contributed by atoms with Gasteiger partial charge in [-0.2, -0.15) is 0 Å². The Hall–Kier alpha value is -1.96. The molecule has 0 aromatic heterocycles. The van der Waals surface area contributed by atoms with E-state index in [-0.39, 0.29) is 11.5 Å². The van der Waals surface area contributed by atoms with Crippen LogP contribution in [0.5, 0.6) is 5.75 Å². The maximum Gasteiger partial charge on any atom is 0.251 e. The van der Waals surface area contributed by atoms with Gasteiger partial charge in [-0.25, -0.2) is 4.39 Å². The van der Waals surface area contributed by atoms with Crippen LogP contribution in [0.2, 0.25) is 0 Å². The van der Waals surface area contributed by atoms with E-state index in [9.17, 15) is 9.18 Å². The van der Waals surface area contributed by atoms with E-state index in [4.69, 9.17) is 9.47 Å².